The number of benzene rings is 1. The molecule has 0 aromatic heterocycles. The zero-order valence-electron chi connectivity index (χ0n) is 11.5. The van der Waals surface area contributed by atoms with Gasteiger partial charge in [-0.1, -0.05) is 18.9 Å². The zero-order chi connectivity index (χ0) is 14.5. The van der Waals surface area contributed by atoms with Gasteiger partial charge >= 0.3 is 5.69 Å². The van der Waals surface area contributed by atoms with Crippen LogP contribution in [0.3, 0.4) is 0 Å². The quantitative estimate of drug-likeness (QED) is 0.651. The Bertz CT molecular complexity index is 471. The van der Waals surface area contributed by atoms with Gasteiger partial charge in [-0.2, -0.15) is 0 Å². The summed E-state index contributed by atoms with van der Waals surface area (Å²) in [6.45, 7) is 2.36. The van der Waals surface area contributed by atoms with Gasteiger partial charge in [0.25, 0.3) is 0 Å². The molecule has 6 heteroatoms. The van der Waals surface area contributed by atoms with Crippen LogP contribution >= 0.6 is 0 Å². The van der Waals surface area contributed by atoms with E-state index in [9.17, 15) is 15.2 Å². The molecule has 6 nitrogen and oxygen atoms in total. The summed E-state index contributed by atoms with van der Waals surface area (Å²) in [6.07, 6.45) is 4.72. The second-order valence-electron chi connectivity index (χ2n) is 5.21. The van der Waals surface area contributed by atoms with E-state index in [1.807, 2.05) is 0 Å². The molecule has 0 aliphatic carbocycles. The lowest BCUT2D eigenvalue weighted by atomic mass is 10.0. The molecule has 1 heterocycles. The van der Waals surface area contributed by atoms with Crippen LogP contribution in [-0.4, -0.2) is 34.6 Å². The number of hydrogen-bond acceptors (Lipinski definition) is 5. The molecule has 2 rings (SSSR count). The van der Waals surface area contributed by atoms with E-state index in [4.69, 9.17) is 5.73 Å². The summed E-state index contributed by atoms with van der Waals surface area (Å²) in [5.74, 6) is -0.301. The van der Waals surface area contributed by atoms with Crippen LogP contribution in [0.25, 0.3) is 0 Å². The van der Waals surface area contributed by atoms with Gasteiger partial charge in [0.15, 0.2) is 5.75 Å². The maximum atomic E-state index is 10.9. The van der Waals surface area contributed by atoms with Gasteiger partial charge in [-0.15, -0.1) is 0 Å². The van der Waals surface area contributed by atoms with Crippen molar-refractivity contribution in [2.24, 2.45) is 5.73 Å². The molecule has 1 unspecified atom stereocenters. The third kappa shape index (κ3) is 3.26. The smallest absolute Gasteiger partial charge is 0.311 e. The molecule has 1 aromatic rings. The molecule has 1 aromatic carbocycles. The molecule has 1 atom stereocenters. The number of nitrogens with zero attached hydrogens (tertiary/aromatic N) is 2. The highest BCUT2D eigenvalue weighted by Gasteiger charge is 2.23. The Labute approximate surface area is 118 Å². The molecule has 1 aliphatic rings. The third-order valence-electron chi connectivity index (χ3n) is 3.89. The number of nitro benzene ring substituents is 1. The summed E-state index contributed by atoms with van der Waals surface area (Å²) in [6, 6.07) is 4.53. The molecule has 1 aliphatic heterocycles. The van der Waals surface area contributed by atoms with Crippen molar-refractivity contribution in [1.29, 1.82) is 0 Å². The van der Waals surface area contributed by atoms with Gasteiger partial charge in [0.05, 0.1) is 4.92 Å². The van der Waals surface area contributed by atoms with Gasteiger partial charge in [0, 0.05) is 18.7 Å². The van der Waals surface area contributed by atoms with Gasteiger partial charge in [-0.25, -0.2) is 0 Å². The minimum absolute atomic E-state index is 0.0209. The van der Waals surface area contributed by atoms with Crippen LogP contribution in [0.5, 0.6) is 5.75 Å². The number of nitro groups is 1. The second-order valence-corrected chi connectivity index (χ2v) is 5.21. The van der Waals surface area contributed by atoms with E-state index in [0.717, 1.165) is 31.5 Å². The highest BCUT2D eigenvalue weighted by molar-refractivity contribution is 5.48. The number of aromatic hydroxyl groups is 1. The molecular formula is C14H21N3O3. The predicted octanol–water partition coefficient (Wildman–Crippen LogP) is 2.18. The monoisotopic (exact) mass is 279 g/mol. The number of likely N-dealkylation sites (tertiary alicyclic amines) is 1. The van der Waals surface area contributed by atoms with Gasteiger partial charge in [0.1, 0.15) is 0 Å². The van der Waals surface area contributed by atoms with Gasteiger partial charge in [0.2, 0.25) is 0 Å². The molecule has 1 saturated heterocycles. The number of nitrogens with two attached hydrogens (primary N) is 1. The molecule has 110 valence electrons. The van der Waals surface area contributed by atoms with Crippen molar-refractivity contribution in [3.8, 4) is 5.75 Å². The highest BCUT2D eigenvalue weighted by Crippen LogP contribution is 2.31. The van der Waals surface area contributed by atoms with E-state index in [1.54, 1.807) is 6.07 Å². The first-order valence-corrected chi connectivity index (χ1v) is 7.05. The van der Waals surface area contributed by atoms with Crippen molar-refractivity contribution in [2.75, 3.05) is 19.6 Å². The van der Waals surface area contributed by atoms with Crippen molar-refractivity contribution in [2.45, 2.75) is 31.7 Å². The lowest BCUT2D eigenvalue weighted by Gasteiger charge is -2.29. The number of hydrogen-bond donors (Lipinski definition) is 2. The van der Waals surface area contributed by atoms with E-state index in [2.05, 4.69) is 4.90 Å². The first kappa shape index (κ1) is 14.7. The normalized spacial score (nSPS) is 18.4. The predicted molar refractivity (Wildman–Crippen MR) is 76.6 cm³/mol. The number of rotatable bonds is 4. The molecular weight excluding hydrogens is 258 g/mol. The van der Waals surface area contributed by atoms with Gasteiger partial charge in [-0.05, 0) is 37.6 Å². The van der Waals surface area contributed by atoms with Crippen LogP contribution in [0.4, 0.5) is 5.69 Å². The fraction of sp³-hybridized carbons (Fsp3) is 0.571. The first-order valence-electron chi connectivity index (χ1n) is 7.05. The summed E-state index contributed by atoms with van der Waals surface area (Å²) in [5, 5.41) is 20.4. The van der Waals surface area contributed by atoms with E-state index < -0.39 is 4.92 Å². The molecule has 0 radical (unpaired) electrons. The van der Waals surface area contributed by atoms with Crippen LogP contribution in [-0.2, 0) is 0 Å². The zero-order valence-corrected chi connectivity index (χ0v) is 11.5. The molecule has 0 amide bonds. The second kappa shape index (κ2) is 6.67. The summed E-state index contributed by atoms with van der Waals surface area (Å²) in [4.78, 5) is 12.7. The van der Waals surface area contributed by atoms with Crippen molar-refractivity contribution >= 4 is 5.69 Å². The standard InChI is InChI=1S/C14H21N3O3/c15-10-13(16-7-3-1-2-4-8-16)11-5-6-14(18)12(9-11)17(19)20/h5-6,9,13,18H,1-4,7-8,10,15H2. The molecule has 0 bridgehead atoms. The summed E-state index contributed by atoms with van der Waals surface area (Å²) < 4.78 is 0. The van der Waals surface area contributed by atoms with Crippen molar-refractivity contribution < 1.29 is 10.0 Å². The largest absolute Gasteiger partial charge is 0.502 e. The molecule has 3 N–H and O–H groups in total. The van der Waals surface area contributed by atoms with Gasteiger partial charge in [-0.3, -0.25) is 15.0 Å². The summed E-state index contributed by atoms with van der Waals surface area (Å²) in [5.41, 5.74) is 6.43. The first-order chi connectivity index (χ1) is 9.63. The van der Waals surface area contributed by atoms with Crippen molar-refractivity contribution in [1.82, 2.24) is 4.90 Å². The minimum atomic E-state index is -0.561. The maximum Gasteiger partial charge on any atom is 0.311 e. The Morgan fingerprint density at radius 3 is 2.50 bits per heavy atom. The lowest BCUT2D eigenvalue weighted by Crippen LogP contribution is -2.34. The fourth-order valence-electron chi connectivity index (χ4n) is 2.80. The average molecular weight is 279 g/mol. The Balaban J connectivity index is 2.26. The van der Waals surface area contributed by atoms with Crippen LogP contribution in [0.2, 0.25) is 0 Å². The van der Waals surface area contributed by atoms with Crippen molar-refractivity contribution in [3.63, 3.8) is 0 Å². The average Bonchev–Trinajstić information content (AvgIpc) is 2.70. The third-order valence-corrected chi connectivity index (χ3v) is 3.89. The van der Waals surface area contributed by atoms with Crippen LogP contribution in [0, 0.1) is 10.1 Å². The van der Waals surface area contributed by atoms with E-state index in [0.29, 0.717) is 6.54 Å². The molecule has 0 saturated carbocycles. The van der Waals surface area contributed by atoms with Crippen LogP contribution < -0.4 is 5.73 Å². The minimum Gasteiger partial charge on any atom is -0.502 e. The Morgan fingerprint density at radius 1 is 1.30 bits per heavy atom. The Morgan fingerprint density at radius 2 is 1.95 bits per heavy atom. The maximum absolute atomic E-state index is 10.9. The van der Waals surface area contributed by atoms with Crippen LogP contribution in [0.15, 0.2) is 18.2 Å². The topological polar surface area (TPSA) is 92.6 Å². The van der Waals surface area contributed by atoms with Crippen LogP contribution in [0.1, 0.15) is 37.3 Å². The van der Waals surface area contributed by atoms with Gasteiger partial charge < -0.3 is 10.8 Å². The van der Waals surface area contributed by atoms with E-state index in [-0.39, 0.29) is 17.5 Å². The SMILES string of the molecule is NCC(c1ccc(O)c([N+](=O)[O-])c1)N1CCCCCC1. The summed E-state index contributed by atoms with van der Waals surface area (Å²) in [7, 11) is 0. The highest BCUT2D eigenvalue weighted by atomic mass is 16.6. The van der Waals surface area contributed by atoms with E-state index >= 15 is 0 Å². The van der Waals surface area contributed by atoms with Crippen molar-refractivity contribution in [3.05, 3.63) is 33.9 Å². The molecule has 1 fully saturated rings. The lowest BCUT2D eigenvalue weighted by molar-refractivity contribution is -0.386. The summed E-state index contributed by atoms with van der Waals surface area (Å²) >= 11 is 0. The number of phenols is 1. The Kier molecular flexibility index (Phi) is 4.92. The molecule has 20 heavy (non-hydrogen) atoms. The fourth-order valence-corrected chi connectivity index (χ4v) is 2.80. The van der Waals surface area contributed by atoms with E-state index in [1.165, 1.54) is 25.0 Å². The molecule has 0 spiro atoms. The number of phenolic OH excluding ortho intramolecular Hbond substituents is 1. The Hall–Kier alpha value is -1.66.